The molecule has 2 bridgehead atoms. The Balaban J connectivity index is 1.61. The van der Waals surface area contributed by atoms with Crippen LogP contribution in [0.4, 0.5) is 0 Å². The standard InChI is InChI=1S/C20H25N5O2/c1-13(2)7-9-24-16-5-4-15(19(24)26)11-23(12-16)20(27)17-10-21-18-6-8-22-25(18)14(17)3/h6-8,10,15-16H,4-5,9,11-12H2,1-3H3/t15-,16+/m0/s1. The molecule has 3 aliphatic rings. The van der Waals surface area contributed by atoms with Gasteiger partial charge in [0.15, 0.2) is 5.65 Å². The molecule has 142 valence electrons. The van der Waals surface area contributed by atoms with Gasteiger partial charge in [-0.15, -0.1) is 0 Å². The molecule has 3 fully saturated rings. The summed E-state index contributed by atoms with van der Waals surface area (Å²) in [6.45, 7) is 7.65. The van der Waals surface area contributed by atoms with E-state index in [1.165, 1.54) is 5.57 Å². The van der Waals surface area contributed by atoms with Crippen LogP contribution in [0.15, 0.2) is 30.1 Å². The number of carbonyl (C=O) groups is 2. The van der Waals surface area contributed by atoms with Crippen molar-refractivity contribution in [2.24, 2.45) is 5.92 Å². The SMILES string of the molecule is CC(C)=CCN1C(=O)[C@H]2CC[C@@H]1CN(C(=O)c1cnc3ccnn3c1C)C2. The molecule has 2 aromatic rings. The fraction of sp³-hybridized carbons (Fsp3) is 0.500. The van der Waals surface area contributed by atoms with Crippen molar-refractivity contribution in [1.82, 2.24) is 24.4 Å². The van der Waals surface area contributed by atoms with Crippen molar-refractivity contribution >= 4 is 17.5 Å². The van der Waals surface area contributed by atoms with Gasteiger partial charge in [-0.05, 0) is 33.6 Å². The number of allylic oxidation sites excluding steroid dienone is 1. The second-order valence-electron chi connectivity index (χ2n) is 7.77. The van der Waals surface area contributed by atoms with Gasteiger partial charge >= 0.3 is 0 Å². The molecule has 3 saturated heterocycles. The highest BCUT2D eigenvalue weighted by Crippen LogP contribution is 2.30. The van der Waals surface area contributed by atoms with Crippen LogP contribution in [-0.4, -0.2) is 61.9 Å². The molecule has 0 aromatic carbocycles. The van der Waals surface area contributed by atoms with Crippen molar-refractivity contribution in [2.75, 3.05) is 19.6 Å². The van der Waals surface area contributed by atoms with E-state index in [1.807, 2.05) is 36.6 Å². The number of fused-ring (bicyclic) bond motifs is 5. The lowest BCUT2D eigenvalue weighted by atomic mass is 9.94. The Morgan fingerprint density at radius 1 is 1.30 bits per heavy atom. The maximum absolute atomic E-state index is 13.2. The normalized spacial score (nSPS) is 22.3. The summed E-state index contributed by atoms with van der Waals surface area (Å²) in [5.74, 6) is 0.00236. The molecule has 5 rings (SSSR count). The van der Waals surface area contributed by atoms with Crippen LogP contribution >= 0.6 is 0 Å². The molecule has 7 nitrogen and oxygen atoms in total. The minimum absolute atomic E-state index is 0.0637. The van der Waals surface area contributed by atoms with Gasteiger partial charge in [0.05, 0.1) is 23.4 Å². The maximum Gasteiger partial charge on any atom is 0.257 e. The highest BCUT2D eigenvalue weighted by molar-refractivity contribution is 5.96. The zero-order valence-electron chi connectivity index (χ0n) is 16.1. The van der Waals surface area contributed by atoms with Crippen LogP contribution in [0, 0.1) is 12.8 Å². The monoisotopic (exact) mass is 367 g/mol. The molecular formula is C20H25N5O2. The summed E-state index contributed by atoms with van der Waals surface area (Å²) < 4.78 is 1.69. The first-order chi connectivity index (χ1) is 13.0. The van der Waals surface area contributed by atoms with Crippen LogP contribution in [0.5, 0.6) is 0 Å². The summed E-state index contributed by atoms with van der Waals surface area (Å²) in [6, 6.07) is 1.89. The number of amides is 2. The molecule has 0 radical (unpaired) electrons. The van der Waals surface area contributed by atoms with E-state index in [9.17, 15) is 9.59 Å². The molecule has 5 heterocycles. The Hall–Kier alpha value is -2.70. The van der Waals surface area contributed by atoms with Crippen molar-refractivity contribution in [3.8, 4) is 0 Å². The first kappa shape index (κ1) is 17.7. The summed E-state index contributed by atoms with van der Waals surface area (Å²) in [5, 5.41) is 4.25. The molecule has 27 heavy (non-hydrogen) atoms. The third kappa shape index (κ3) is 3.11. The Morgan fingerprint density at radius 2 is 2.11 bits per heavy atom. The van der Waals surface area contributed by atoms with Crippen molar-refractivity contribution < 1.29 is 9.59 Å². The van der Waals surface area contributed by atoms with E-state index >= 15 is 0 Å². The Bertz CT molecular complexity index is 928. The Kier molecular flexibility index (Phi) is 4.45. The van der Waals surface area contributed by atoms with Crippen LogP contribution in [-0.2, 0) is 4.79 Å². The molecule has 3 aliphatic heterocycles. The number of aryl methyl sites for hydroxylation is 1. The molecule has 0 spiro atoms. The van der Waals surface area contributed by atoms with E-state index in [4.69, 9.17) is 0 Å². The van der Waals surface area contributed by atoms with Gasteiger partial charge in [-0.2, -0.15) is 5.10 Å². The number of nitrogens with zero attached hydrogens (tertiary/aromatic N) is 5. The molecule has 0 N–H and O–H groups in total. The van der Waals surface area contributed by atoms with Crippen LogP contribution in [0.25, 0.3) is 5.65 Å². The fourth-order valence-electron chi connectivity index (χ4n) is 4.10. The van der Waals surface area contributed by atoms with E-state index in [0.29, 0.717) is 25.2 Å². The van der Waals surface area contributed by atoms with Crippen molar-refractivity contribution in [1.29, 1.82) is 0 Å². The third-order valence-corrected chi connectivity index (χ3v) is 5.66. The smallest absolute Gasteiger partial charge is 0.257 e. The van der Waals surface area contributed by atoms with E-state index in [0.717, 1.165) is 24.2 Å². The maximum atomic E-state index is 13.2. The predicted molar refractivity (Wildman–Crippen MR) is 101 cm³/mol. The number of piperidine rings is 1. The molecule has 2 atom stereocenters. The average molecular weight is 367 g/mol. The summed E-state index contributed by atoms with van der Waals surface area (Å²) in [5.41, 5.74) is 3.25. The zero-order chi connectivity index (χ0) is 19.1. The largest absolute Gasteiger partial charge is 0.336 e. The Morgan fingerprint density at radius 3 is 2.89 bits per heavy atom. The van der Waals surface area contributed by atoms with E-state index < -0.39 is 0 Å². The van der Waals surface area contributed by atoms with E-state index in [1.54, 1.807) is 16.9 Å². The van der Waals surface area contributed by atoms with Crippen molar-refractivity contribution in [2.45, 2.75) is 39.7 Å². The van der Waals surface area contributed by atoms with Gasteiger partial charge in [0, 0.05) is 37.9 Å². The lowest BCUT2D eigenvalue weighted by Gasteiger charge is -2.35. The lowest BCUT2D eigenvalue weighted by molar-refractivity contribution is -0.139. The van der Waals surface area contributed by atoms with Gasteiger partial charge in [0.25, 0.3) is 5.91 Å². The predicted octanol–water partition coefficient (Wildman–Crippen LogP) is 2.07. The van der Waals surface area contributed by atoms with Crippen LogP contribution in [0.1, 0.15) is 42.7 Å². The van der Waals surface area contributed by atoms with Crippen molar-refractivity contribution in [3.63, 3.8) is 0 Å². The molecule has 7 heteroatoms. The molecule has 2 amide bonds. The molecule has 0 aliphatic carbocycles. The average Bonchev–Trinajstić information content (AvgIpc) is 2.96. The van der Waals surface area contributed by atoms with Crippen LogP contribution < -0.4 is 0 Å². The number of carbonyl (C=O) groups excluding carboxylic acids is 2. The van der Waals surface area contributed by atoms with Gasteiger partial charge in [-0.3, -0.25) is 9.59 Å². The number of aromatic nitrogens is 3. The van der Waals surface area contributed by atoms with E-state index in [-0.39, 0.29) is 23.8 Å². The molecule has 0 unspecified atom stereocenters. The second-order valence-corrected chi connectivity index (χ2v) is 7.77. The van der Waals surface area contributed by atoms with E-state index in [2.05, 4.69) is 16.2 Å². The van der Waals surface area contributed by atoms with Gasteiger partial charge in [-0.1, -0.05) is 11.6 Å². The topological polar surface area (TPSA) is 70.8 Å². The van der Waals surface area contributed by atoms with Gasteiger partial charge in [-0.25, -0.2) is 9.50 Å². The minimum Gasteiger partial charge on any atom is -0.336 e. The summed E-state index contributed by atoms with van der Waals surface area (Å²) in [7, 11) is 0. The second kappa shape index (κ2) is 6.79. The zero-order valence-corrected chi connectivity index (χ0v) is 16.1. The van der Waals surface area contributed by atoms with Crippen molar-refractivity contribution in [3.05, 3.63) is 41.4 Å². The highest BCUT2D eigenvalue weighted by atomic mass is 16.2. The summed E-state index contributed by atoms with van der Waals surface area (Å²) in [4.78, 5) is 34.2. The first-order valence-electron chi connectivity index (χ1n) is 9.48. The summed E-state index contributed by atoms with van der Waals surface area (Å²) >= 11 is 0. The quantitative estimate of drug-likeness (QED) is 0.779. The van der Waals surface area contributed by atoms with Crippen LogP contribution in [0.2, 0.25) is 0 Å². The minimum atomic E-state index is -0.111. The molecule has 0 saturated carbocycles. The molecule has 2 aromatic heterocycles. The summed E-state index contributed by atoms with van der Waals surface area (Å²) in [6.07, 6.45) is 7.20. The number of hydrogen-bond donors (Lipinski definition) is 0. The lowest BCUT2D eigenvalue weighted by Crippen LogP contribution is -2.48. The fourth-order valence-corrected chi connectivity index (χ4v) is 4.10. The first-order valence-corrected chi connectivity index (χ1v) is 9.48. The van der Waals surface area contributed by atoms with Gasteiger partial charge < -0.3 is 9.80 Å². The highest BCUT2D eigenvalue weighted by Gasteiger charge is 2.41. The van der Waals surface area contributed by atoms with Crippen LogP contribution in [0.3, 0.4) is 0 Å². The van der Waals surface area contributed by atoms with Gasteiger partial charge in [0.1, 0.15) is 0 Å². The number of rotatable bonds is 3. The number of hydrogen-bond acceptors (Lipinski definition) is 4. The molecular weight excluding hydrogens is 342 g/mol. The van der Waals surface area contributed by atoms with Gasteiger partial charge in [0.2, 0.25) is 5.91 Å². The Labute approximate surface area is 158 Å². The third-order valence-electron chi connectivity index (χ3n) is 5.66.